The fourth-order valence-corrected chi connectivity index (χ4v) is 1.87. The predicted molar refractivity (Wildman–Crippen MR) is 59.6 cm³/mol. The van der Waals surface area contributed by atoms with Crippen LogP contribution in [-0.2, 0) is 0 Å². The Morgan fingerprint density at radius 1 is 1.44 bits per heavy atom. The predicted octanol–water partition coefficient (Wildman–Crippen LogP) is 0.613. The molecule has 0 bridgehead atoms. The molecule has 1 aliphatic rings. The largest absolute Gasteiger partial charge is 0.337 e. The van der Waals surface area contributed by atoms with E-state index in [1.807, 2.05) is 0 Å². The smallest absolute Gasteiger partial charge is 0.274 e. The van der Waals surface area contributed by atoms with Gasteiger partial charge in [-0.05, 0) is 18.9 Å². The molecular formula is C10H12ClN3O2. The highest BCUT2D eigenvalue weighted by Gasteiger charge is 2.23. The highest BCUT2D eigenvalue weighted by atomic mass is 35.5. The third-order valence-corrected chi connectivity index (χ3v) is 3.05. The van der Waals surface area contributed by atoms with Gasteiger partial charge in [-0.15, -0.1) is 11.6 Å². The Balaban J connectivity index is 2.07. The molecule has 1 aromatic rings. The van der Waals surface area contributed by atoms with E-state index in [1.165, 1.54) is 12.1 Å². The number of likely N-dealkylation sites (tertiary alicyclic amines) is 1. The van der Waals surface area contributed by atoms with Crippen molar-refractivity contribution in [3.8, 4) is 0 Å². The average Bonchev–Trinajstić information content (AvgIpc) is 2.30. The molecule has 1 fully saturated rings. The second-order valence-electron chi connectivity index (χ2n) is 3.77. The molecule has 16 heavy (non-hydrogen) atoms. The highest BCUT2D eigenvalue weighted by Crippen LogP contribution is 2.16. The van der Waals surface area contributed by atoms with Crippen LogP contribution in [0.25, 0.3) is 0 Å². The van der Waals surface area contributed by atoms with Crippen molar-refractivity contribution in [3.63, 3.8) is 0 Å². The second-order valence-corrected chi connectivity index (χ2v) is 4.39. The van der Waals surface area contributed by atoms with E-state index < -0.39 is 0 Å². The summed E-state index contributed by atoms with van der Waals surface area (Å²) in [5, 5.41) is 6.12. The summed E-state index contributed by atoms with van der Waals surface area (Å²) in [5.41, 5.74) is -0.0383. The molecule has 0 aromatic carbocycles. The Bertz CT molecular complexity index is 417. The van der Waals surface area contributed by atoms with Gasteiger partial charge in [-0.3, -0.25) is 9.59 Å². The molecule has 0 aliphatic carbocycles. The van der Waals surface area contributed by atoms with Crippen molar-refractivity contribution in [1.29, 1.82) is 0 Å². The third-order valence-electron chi connectivity index (χ3n) is 2.61. The van der Waals surface area contributed by atoms with E-state index in [1.54, 1.807) is 4.90 Å². The van der Waals surface area contributed by atoms with Gasteiger partial charge in [0.15, 0.2) is 0 Å². The zero-order valence-corrected chi connectivity index (χ0v) is 9.41. The molecule has 5 nitrogen and oxygen atoms in total. The van der Waals surface area contributed by atoms with Crippen LogP contribution < -0.4 is 5.56 Å². The number of nitrogens with zero attached hydrogens (tertiary/aromatic N) is 2. The number of H-pyrrole nitrogens is 1. The minimum absolute atomic E-state index is 0.153. The van der Waals surface area contributed by atoms with Crippen molar-refractivity contribution in [1.82, 2.24) is 15.1 Å². The number of hydrogen-bond acceptors (Lipinski definition) is 3. The monoisotopic (exact) mass is 241 g/mol. The molecule has 1 saturated heterocycles. The summed E-state index contributed by atoms with van der Waals surface area (Å²) >= 11 is 5.95. The fourth-order valence-electron chi connectivity index (χ4n) is 1.68. The zero-order chi connectivity index (χ0) is 11.5. The lowest BCUT2D eigenvalue weighted by Crippen LogP contribution is -2.39. The van der Waals surface area contributed by atoms with Crippen molar-refractivity contribution < 1.29 is 4.79 Å². The van der Waals surface area contributed by atoms with Crippen LogP contribution in [0.5, 0.6) is 0 Å². The quantitative estimate of drug-likeness (QED) is 0.733. The van der Waals surface area contributed by atoms with Crippen molar-refractivity contribution in [2.45, 2.75) is 18.2 Å². The molecule has 2 rings (SSSR count). The molecule has 1 N–H and O–H groups in total. The SMILES string of the molecule is O=C(c1ccc(=O)[nH]n1)N1CCC(Cl)CC1. The van der Waals surface area contributed by atoms with Crippen LogP contribution in [0, 0.1) is 0 Å². The van der Waals surface area contributed by atoms with Crippen LogP contribution in [0.2, 0.25) is 0 Å². The standard InChI is InChI=1S/C10H12ClN3O2/c11-7-3-5-14(6-4-7)10(16)8-1-2-9(15)13-12-8/h1-2,7H,3-6H2,(H,13,15). The van der Waals surface area contributed by atoms with E-state index >= 15 is 0 Å². The number of hydrogen-bond donors (Lipinski definition) is 1. The van der Waals surface area contributed by atoms with Crippen molar-refractivity contribution in [3.05, 3.63) is 28.2 Å². The first-order valence-electron chi connectivity index (χ1n) is 5.16. The van der Waals surface area contributed by atoms with Crippen LogP contribution in [0.15, 0.2) is 16.9 Å². The van der Waals surface area contributed by atoms with Crippen LogP contribution in [0.3, 0.4) is 0 Å². The third kappa shape index (κ3) is 2.41. The van der Waals surface area contributed by atoms with Gasteiger partial charge in [-0.2, -0.15) is 5.10 Å². The number of carbonyl (C=O) groups is 1. The maximum Gasteiger partial charge on any atom is 0.274 e. The summed E-state index contributed by atoms with van der Waals surface area (Å²) in [5.74, 6) is -0.153. The first kappa shape index (κ1) is 11.1. The number of halogens is 1. The lowest BCUT2D eigenvalue weighted by Gasteiger charge is -2.28. The molecule has 0 unspecified atom stereocenters. The number of aromatic amines is 1. The summed E-state index contributed by atoms with van der Waals surface area (Å²) in [6, 6.07) is 2.74. The maximum absolute atomic E-state index is 11.9. The molecule has 86 valence electrons. The van der Waals surface area contributed by atoms with Crippen LogP contribution >= 0.6 is 11.6 Å². The lowest BCUT2D eigenvalue weighted by atomic mass is 10.1. The number of carbonyl (C=O) groups excluding carboxylic acids is 1. The van der Waals surface area contributed by atoms with Gasteiger partial charge in [0.1, 0.15) is 5.69 Å². The normalized spacial score (nSPS) is 17.4. The number of rotatable bonds is 1. The van der Waals surface area contributed by atoms with Gasteiger partial charge in [0.05, 0.1) is 0 Å². The summed E-state index contributed by atoms with van der Waals surface area (Å²) in [4.78, 5) is 24.4. The van der Waals surface area contributed by atoms with E-state index in [2.05, 4.69) is 10.2 Å². The van der Waals surface area contributed by atoms with Gasteiger partial charge in [-0.25, -0.2) is 5.10 Å². The van der Waals surface area contributed by atoms with Crippen molar-refractivity contribution >= 4 is 17.5 Å². The Morgan fingerprint density at radius 3 is 2.69 bits per heavy atom. The number of nitrogens with one attached hydrogen (secondary N) is 1. The summed E-state index contributed by atoms with van der Waals surface area (Å²) in [7, 11) is 0. The van der Waals surface area contributed by atoms with Crippen LogP contribution in [-0.4, -0.2) is 39.5 Å². The molecule has 1 amide bonds. The summed E-state index contributed by atoms with van der Waals surface area (Å²) < 4.78 is 0. The summed E-state index contributed by atoms with van der Waals surface area (Å²) in [6.07, 6.45) is 1.60. The number of aromatic nitrogens is 2. The van der Waals surface area contributed by atoms with Gasteiger partial charge in [-0.1, -0.05) is 0 Å². The first-order valence-corrected chi connectivity index (χ1v) is 5.59. The molecule has 2 heterocycles. The maximum atomic E-state index is 11.9. The van der Waals surface area contributed by atoms with Gasteiger partial charge in [0.25, 0.3) is 11.5 Å². The van der Waals surface area contributed by atoms with E-state index in [-0.39, 0.29) is 22.5 Å². The van der Waals surface area contributed by atoms with E-state index in [0.717, 1.165) is 12.8 Å². The molecular weight excluding hydrogens is 230 g/mol. The second kappa shape index (κ2) is 4.65. The molecule has 0 atom stereocenters. The Kier molecular flexibility index (Phi) is 3.24. The van der Waals surface area contributed by atoms with E-state index in [0.29, 0.717) is 13.1 Å². The van der Waals surface area contributed by atoms with Crippen molar-refractivity contribution in [2.24, 2.45) is 0 Å². The number of amides is 1. The summed E-state index contributed by atoms with van der Waals surface area (Å²) in [6.45, 7) is 1.29. The van der Waals surface area contributed by atoms with Gasteiger partial charge < -0.3 is 4.90 Å². The van der Waals surface area contributed by atoms with Crippen LogP contribution in [0.1, 0.15) is 23.3 Å². The average molecular weight is 242 g/mol. The molecule has 6 heteroatoms. The minimum Gasteiger partial charge on any atom is -0.337 e. The Hall–Kier alpha value is -1.36. The minimum atomic E-state index is -0.309. The van der Waals surface area contributed by atoms with Crippen molar-refractivity contribution in [2.75, 3.05) is 13.1 Å². The topological polar surface area (TPSA) is 66.1 Å². The molecule has 0 radical (unpaired) electrons. The number of alkyl halides is 1. The van der Waals surface area contributed by atoms with Gasteiger partial charge in [0, 0.05) is 24.5 Å². The Labute approximate surface area is 97.4 Å². The molecule has 0 spiro atoms. The Morgan fingerprint density at radius 2 is 2.12 bits per heavy atom. The van der Waals surface area contributed by atoms with E-state index in [4.69, 9.17) is 11.6 Å². The van der Waals surface area contributed by atoms with Gasteiger partial charge in [0.2, 0.25) is 0 Å². The van der Waals surface area contributed by atoms with Gasteiger partial charge >= 0.3 is 0 Å². The fraction of sp³-hybridized carbons (Fsp3) is 0.500. The molecule has 0 saturated carbocycles. The molecule has 1 aromatic heterocycles. The highest BCUT2D eigenvalue weighted by molar-refractivity contribution is 6.20. The number of piperidine rings is 1. The van der Waals surface area contributed by atoms with Crippen LogP contribution in [0.4, 0.5) is 0 Å². The van der Waals surface area contributed by atoms with E-state index in [9.17, 15) is 9.59 Å². The zero-order valence-electron chi connectivity index (χ0n) is 8.65. The molecule has 1 aliphatic heterocycles. The lowest BCUT2D eigenvalue weighted by molar-refractivity contribution is 0.0719. The first-order chi connectivity index (χ1) is 7.66.